The van der Waals surface area contributed by atoms with Gasteiger partial charge in [-0.15, -0.1) is 0 Å². The lowest BCUT2D eigenvalue weighted by Crippen LogP contribution is -2.41. The molecular weight excluding hydrogens is 160 g/mol. The molecule has 0 saturated carbocycles. The van der Waals surface area contributed by atoms with E-state index in [0.717, 1.165) is 0 Å². The molecule has 0 aliphatic carbocycles. The van der Waals surface area contributed by atoms with Crippen molar-refractivity contribution in [2.45, 2.75) is 18.5 Å². The third-order valence-electron chi connectivity index (χ3n) is 1.69. The summed E-state index contributed by atoms with van der Waals surface area (Å²) in [6.07, 6.45) is 0.347. The van der Waals surface area contributed by atoms with Crippen LogP contribution in [0.5, 0.6) is 0 Å². The van der Waals surface area contributed by atoms with E-state index in [-0.39, 0.29) is 6.04 Å². The average molecular weight is 172 g/mol. The van der Waals surface area contributed by atoms with E-state index < -0.39 is 12.0 Å². The van der Waals surface area contributed by atoms with E-state index >= 15 is 0 Å². The fourth-order valence-electron chi connectivity index (χ4n) is 1.05. The van der Waals surface area contributed by atoms with Crippen molar-refractivity contribution >= 4 is 11.9 Å². The lowest BCUT2D eigenvalue weighted by molar-refractivity contribution is -0.138. The van der Waals surface area contributed by atoms with Gasteiger partial charge in [-0.25, -0.2) is 0 Å². The van der Waals surface area contributed by atoms with Gasteiger partial charge in [-0.1, -0.05) is 0 Å². The predicted octanol–water partition coefficient (Wildman–Crippen LogP) is -1.93. The van der Waals surface area contributed by atoms with Gasteiger partial charge < -0.3 is 21.9 Å². The summed E-state index contributed by atoms with van der Waals surface area (Å²) >= 11 is 0. The molecule has 6 heteroatoms. The normalized spacial score (nSPS) is 24.4. The Morgan fingerprint density at radius 3 is 3.00 bits per heavy atom. The van der Waals surface area contributed by atoms with Gasteiger partial charge in [-0.3, -0.25) is 9.79 Å². The second kappa shape index (κ2) is 3.40. The molecule has 1 aliphatic rings. The monoisotopic (exact) mass is 172 g/mol. The first-order valence-electron chi connectivity index (χ1n) is 3.64. The number of hydrogen-bond donors (Lipinski definition) is 4. The number of nitrogens with two attached hydrogens (primary N) is 2. The van der Waals surface area contributed by atoms with Crippen LogP contribution in [0.15, 0.2) is 4.99 Å². The third kappa shape index (κ3) is 2.09. The van der Waals surface area contributed by atoms with E-state index in [4.69, 9.17) is 16.6 Å². The molecule has 0 aromatic rings. The van der Waals surface area contributed by atoms with Crippen LogP contribution in [0.2, 0.25) is 0 Å². The molecule has 0 aromatic heterocycles. The summed E-state index contributed by atoms with van der Waals surface area (Å²) in [5, 5.41) is 11.3. The van der Waals surface area contributed by atoms with Crippen molar-refractivity contribution in [2.75, 3.05) is 6.54 Å². The van der Waals surface area contributed by atoms with Crippen LogP contribution in [0.4, 0.5) is 0 Å². The van der Waals surface area contributed by atoms with Crippen molar-refractivity contribution in [3.8, 4) is 0 Å². The molecule has 6 N–H and O–H groups in total. The lowest BCUT2D eigenvalue weighted by Gasteiger charge is -2.12. The van der Waals surface area contributed by atoms with Crippen LogP contribution in [-0.4, -0.2) is 35.7 Å². The van der Waals surface area contributed by atoms with E-state index in [2.05, 4.69) is 10.3 Å². The molecule has 0 fully saturated rings. The van der Waals surface area contributed by atoms with Gasteiger partial charge in [-0.2, -0.15) is 0 Å². The number of nitrogens with one attached hydrogen (secondary N) is 1. The summed E-state index contributed by atoms with van der Waals surface area (Å²) in [6, 6.07) is -0.875. The molecule has 0 saturated heterocycles. The van der Waals surface area contributed by atoms with Gasteiger partial charge in [0, 0.05) is 0 Å². The van der Waals surface area contributed by atoms with Gasteiger partial charge in [0.25, 0.3) is 0 Å². The standard InChI is InChI=1S/C6H12N4O2/c7-4(5(11)12)1-3-2-9-6(8)10-3/h3-4H,1-2,7H2,(H,11,12)(H3,8,9,10)/t3?,4-/m0/s1. The molecule has 0 bridgehead atoms. The summed E-state index contributed by atoms with van der Waals surface area (Å²) in [5.74, 6) is -0.639. The van der Waals surface area contributed by atoms with E-state index in [0.29, 0.717) is 18.9 Å². The number of aliphatic imine (C=N–C) groups is 1. The summed E-state index contributed by atoms with van der Waals surface area (Å²) < 4.78 is 0. The Morgan fingerprint density at radius 1 is 1.92 bits per heavy atom. The minimum Gasteiger partial charge on any atom is -0.480 e. The largest absolute Gasteiger partial charge is 0.480 e. The highest BCUT2D eigenvalue weighted by atomic mass is 16.4. The number of carboxylic acid groups (broad SMARTS) is 1. The maximum absolute atomic E-state index is 10.3. The van der Waals surface area contributed by atoms with Gasteiger partial charge in [0.1, 0.15) is 6.04 Å². The van der Waals surface area contributed by atoms with Crippen LogP contribution in [-0.2, 0) is 4.79 Å². The molecule has 1 aliphatic heterocycles. The highest BCUT2D eigenvalue weighted by Gasteiger charge is 2.21. The third-order valence-corrected chi connectivity index (χ3v) is 1.69. The first-order valence-corrected chi connectivity index (χ1v) is 3.64. The molecule has 0 aromatic carbocycles. The molecule has 12 heavy (non-hydrogen) atoms. The molecule has 0 spiro atoms. The number of carbonyl (C=O) groups is 1. The topological polar surface area (TPSA) is 114 Å². The molecule has 1 heterocycles. The Hall–Kier alpha value is -1.30. The van der Waals surface area contributed by atoms with Crippen molar-refractivity contribution in [1.29, 1.82) is 0 Å². The van der Waals surface area contributed by atoms with Gasteiger partial charge in [0.15, 0.2) is 5.96 Å². The first-order chi connectivity index (χ1) is 5.59. The van der Waals surface area contributed by atoms with Crippen LogP contribution < -0.4 is 16.8 Å². The Kier molecular flexibility index (Phi) is 2.49. The van der Waals surface area contributed by atoms with Crippen molar-refractivity contribution < 1.29 is 9.90 Å². The maximum atomic E-state index is 10.3. The quantitative estimate of drug-likeness (QED) is 0.396. The van der Waals surface area contributed by atoms with E-state index in [9.17, 15) is 4.79 Å². The highest BCUT2D eigenvalue weighted by Crippen LogP contribution is 2.01. The highest BCUT2D eigenvalue weighted by molar-refractivity contribution is 5.80. The number of aliphatic carboxylic acids is 1. The zero-order chi connectivity index (χ0) is 9.14. The first kappa shape index (κ1) is 8.79. The molecule has 1 rings (SSSR count). The summed E-state index contributed by atoms with van der Waals surface area (Å²) in [4.78, 5) is 14.2. The van der Waals surface area contributed by atoms with E-state index in [1.165, 1.54) is 0 Å². The molecule has 68 valence electrons. The molecule has 2 atom stereocenters. The van der Waals surface area contributed by atoms with Crippen molar-refractivity contribution in [3.63, 3.8) is 0 Å². The van der Waals surface area contributed by atoms with Crippen LogP contribution in [0.3, 0.4) is 0 Å². The molecule has 1 unspecified atom stereocenters. The number of hydrogen-bond acceptors (Lipinski definition) is 5. The smallest absolute Gasteiger partial charge is 0.320 e. The fraction of sp³-hybridized carbons (Fsp3) is 0.667. The van der Waals surface area contributed by atoms with E-state index in [1.807, 2.05) is 0 Å². The summed E-state index contributed by atoms with van der Waals surface area (Å²) in [5.41, 5.74) is 10.6. The summed E-state index contributed by atoms with van der Waals surface area (Å²) in [7, 11) is 0. The zero-order valence-corrected chi connectivity index (χ0v) is 6.53. The number of rotatable bonds is 3. The number of guanidine groups is 1. The van der Waals surface area contributed by atoms with Gasteiger partial charge in [0.05, 0.1) is 12.6 Å². The maximum Gasteiger partial charge on any atom is 0.320 e. The van der Waals surface area contributed by atoms with Crippen molar-refractivity contribution in [2.24, 2.45) is 16.5 Å². The zero-order valence-electron chi connectivity index (χ0n) is 6.53. The number of nitrogens with zero attached hydrogens (tertiary/aromatic N) is 1. The molecule has 0 radical (unpaired) electrons. The van der Waals surface area contributed by atoms with Crippen LogP contribution >= 0.6 is 0 Å². The van der Waals surface area contributed by atoms with Crippen LogP contribution in [0.25, 0.3) is 0 Å². The molecular formula is C6H12N4O2. The van der Waals surface area contributed by atoms with E-state index in [1.54, 1.807) is 0 Å². The average Bonchev–Trinajstić information content (AvgIpc) is 2.35. The number of carboxylic acids is 1. The van der Waals surface area contributed by atoms with Gasteiger partial charge in [-0.05, 0) is 6.42 Å². The van der Waals surface area contributed by atoms with Gasteiger partial charge in [0.2, 0.25) is 0 Å². The Balaban J connectivity index is 2.30. The Bertz CT molecular complexity index is 216. The van der Waals surface area contributed by atoms with Crippen molar-refractivity contribution in [3.05, 3.63) is 0 Å². The fourth-order valence-corrected chi connectivity index (χ4v) is 1.05. The predicted molar refractivity (Wildman–Crippen MR) is 43.6 cm³/mol. The second-order valence-corrected chi connectivity index (χ2v) is 2.75. The Morgan fingerprint density at radius 2 is 2.58 bits per heavy atom. The van der Waals surface area contributed by atoms with Crippen LogP contribution in [0.1, 0.15) is 6.42 Å². The van der Waals surface area contributed by atoms with Crippen molar-refractivity contribution in [1.82, 2.24) is 5.32 Å². The minimum absolute atomic E-state index is 0.0314. The molecule has 0 amide bonds. The Labute approximate surface area is 69.6 Å². The molecule has 6 nitrogen and oxygen atoms in total. The SMILES string of the molecule is NC1=NCC(C[C@H](N)C(=O)O)N1. The lowest BCUT2D eigenvalue weighted by atomic mass is 10.1. The second-order valence-electron chi connectivity index (χ2n) is 2.75. The summed E-state index contributed by atoms with van der Waals surface area (Å²) in [6.45, 7) is 0.507. The van der Waals surface area contributed by atoms with Gasteiger partial charge >= 0.3 is 5.97 Å². The van der Waals surface area contributed by atoms with Crippen LogP contribution in [0, 0.1) is 0 Å². The minimum atomic E-state index is -0.998.